The Hall–Kier alpha value is -1.99. The van der Waals surface area contributed by atoms with E-state index in [4.69, 9.17) is 10.5 Å². The summed E-state index contributed by atoms with van der Waals surface area (Å²) in [5.74, 6) is 6.07. The molecule has 0 aliphatic heterocycles. The van der Waals surface area contributed by atoms with Gasteiger partial charge in [-0.05, 0) is 23.6 Å². The maximum atomic E-state index is 11.4. The normalized spacial score (nSPS) is 9.68. The number of rotatable bonds is 4. The highest BCUT2D eigenvalue weighted by Crippen LogP contribution is 2.03. The molecule has 0 fully saturated rings. The third kappa shape index (κ3) is 6.49. The van der Waals surface area contributed by atoms with Crippen LogP contribution in [0.1, 0.15) is 25.0 Å². The summed E-state index contributed by atoms with van der Waals surface area (Å²) < 4.78 is 5.02. The third-order valence-electron chi connectivity index (χ3n) is 2.27. The summed E-state index contributed by atoms with van der Waals surface area (Å²) in [6.45, 7) is 5.22. The minimum atomic E-state index is -0.388. The molecule has 0 heterocycles. The van der Waals surface area contributed by atoms with Gasteiger partial charge in [0, 0.05) is 12.1 Å². The quantitative estimate of drug-likeness (QED) is 0.812. The van der Waals surface area contributed by atoms with Crippen molar-refractivity contribution in [3.63, 3.8) is 0 Å². The highest BCUT2D eigenvalue weighted by atomic mass is 16.5. The Morgan fingerprint density at radius 3 is 2.63 bits per heavy atom. The van der Waals surface area contributed by atoms with Crippen LogP contribution < -0.4 is 11.1 Å². The lowest BCUT2D eigenvalue weighted by molar-refractivity contribution is 0.132. The van der Waals surface area contributed by atoms with Crippen LogP contribution in [0, 0.1) is 17.8 Å². The van der Waals surface area contributed by atoms with E-state index in [2.05, 4.69) is 17.2 Å². The van der Waals surface area contributed by atoms with E-state index in [1.807, 2.05) is 38.1 Å². The van der Waals surface area contributed by atoms with E-state index in [0.717, 1.165) is 11.1 Å². The standard InChI is InChI=1S/C15H20N2O2/c1-12(2)11-19-15(18)17-10-14-7-5-13(6-8-14)4-3-9-16/h5-8,12H,9-11,16H2,1-2H3,(H,17,18). The monoisotopic (exact) mass is 260 g/mol. The zero-order valence-corrected chi connectivity index (χ0v) is 11.4. The molecule has 1 amide bonds. The molecule has 4 nitrogen and oxygen atoms in total. The minimum Gasteiger partial charge on any atom is -0.449 e. The summed E-state index contributed by atoms with van der Waals surface area (Å²) in [7, 11) is 0. The van der Waals surface area contributed by atoms with Crippen LogP contribution in [-0.4, -0.2) is 19.2 Å². The third-order valence-corrected chi connectivity index (χ3v) is 2.27. The van der Waals surface area contributed by atoms with E-state index in [-0.39, 0.29) is 6.09 Å². The average molecular weight is 260 g/mol. The van der Waals surface area contributed by atoms with E-state index in [1.165, 1.54) is 0 Å². The van der Waals surface area contributed by atoms with Gasteiger partial charge >= 0.3 is 6.09 Å². The molecule has 1 aromatic carbocycles. The molecule has 0 aliphatic rings. The molecule has 0 atom stereocenters. The summed E-state index contributed by atoms with van der Waals surface area (Å²) >= 11 is 0. The number of hydrogen-bond acceptors (Lipinski definition) is 3. The van der Waals surface area contributed by atoms with Gasteiger partial charge in [0.1, 0.15) is 0 Å². The van der Waals surface area contributed by atoms with Crippen LogP contribution in [0.25, 0.3) is 0 Å². The fourth-order valence-corrected chi connectivity index (χ4v) is 1.33. The van der Waals surface area contributed by atoms with Crippen molar-refractivity contribution in [3.8, 4) is 11.8 Å². The lowest BCUT2D eigenvalue weighted by atomic mass is 10.1. The second kappa shape index (κ2) is 8.17. The Morgan fingerprint density at radius 1 is 1.37 bits per heavy atom. The van der Waals surface area contributed by atoms with E-state index in [1.54, 1.807) is 0 Å². The van der Waals surface area contributed by atoms with Gasteiger partial charge < -0.3 is 15.8 Å². The minimum absolute atomic E-state index is 0.339. The number of carbonyl (C=O) groups excluding carboxylic acids is 1. The SMILES string of the molecule is CC(C)COC(=O)NCc1ccc(C#CCN)cc1. The lowest BCUT2D eigenvalue weighted by Crippen LogP contribution is -2.25. The summed E-state index contributed by atoms with van der Waals surface area (Å²) in [6.07, 6.45) is -0.388. The second-order valence-corrected chi connectivity index (χ2v) is 4.55. The predicted octanol–water partition coefficient (Wildman–Crippen LogP) is 1.88. The Balaban J connectivity index is 2.39. The number of amides is 1. The average Bonchev–Trinajstić information content (AvgIpc) is 2.41. The number of benzene rings is 1. The highest BCUT2D eigenvalue weighted by Gasteiger charge is 2.03. The zero-order valence-electron chi connectivity index (χ0n) is 11.4. The Labute approximate surface area is 114 Å². The van der Waals surface area contributed by atoms with Crippen molar-refractivity contribution in [2.75, 3.05) is 13.2 Å². The van der Waals surface area contributed by atoms with Gasteiger partial charge in [0.25, 0.3) is 0 Å². The molecule has 0 spiro atoms. The maximum absolute atomic E-state index is 11.4. The molecule has 0 bridgehead atoms. The maximum Gasteiger partial charge on any atom is 0.407 e. The Kier molecular flexibility index (Phi) is 6.48. The second-order valence-electron chi connectivity index (χ2n) is 4.55. The fraction of sp³-hybridized carbons (Fsp3) is 0.400. The molecule has 1 aromatic rings. The molecule has 0 aromatic heterocycles. The molecule has 0 saturated heterocycles. The molecule has 19 heavy (non-hydrogen) atoms. The van der Waals surface area contributed by atoms with Crippen LogP contribution in [0.15, 0.2) is 24.3 Å². The summed E-state index contributed by atoms with van der Waals surface area (Å²) in [5.41, 5.74) is 7.22. The van der Waals surface area contributed by atoms with E-state index < -0.39 is 0 Å². The van der Waals surface area contributed by atoms with Gasteiger partial charge in [0.2, 0.25) is 0 Å². The Morgan fingerprint density at radius 2 is 2.05 bits per heavy atom. The van der Waals surface area contributed by atoms with Gasteiger partial charge in [-0.1, -0.05) is 37.8 Å². The van der Waals surface area contributed by atoms with Gasteiger partial charge in [-0.3, -0.25) is 0 Å². The predicted molar refractivity (Wildman–Crippen MR) is 75.4 cm³/mol. The van der Waals surface area contributed by atoms with Crippen molar-refractivity contribution in [2.24, 2.45) is 11.7 Å². The van der Waals surface area contributed by atoms with Gasteiger partial charge in [-0.2, -0.15) is 0 Å². The van der Waals surface area contributed by atoms with Gasteiger partial charge in [0.15, 0.2) is 0 Å². The molecule has 0 radical (unpaired) electrons. The lowest BCUT2D eigenvalue weighted by Gasteiger charge is -2.08. The number of hydrogen-bond donors (Lipinski definition) is 2. The van der Waals surface area contributed by atoms with E-state index >= 15 is 0 Å². The van der Waals surface area contributed by atoms with Crippen LogP contribution in [0.5, 0.6) is 0 Å². The smallest absolute Gasteiger partial charge is 0.407 e. The van der Waals surface area contributed by atoms with Crippen molar-refractivity contribution in [1.29, 1.82) is 0 Å². The van der Waals surface area contributed by atoms with Crippen molar-refractivity contribution in [1.82, 2.24) is 5.32 Å². The number of nitrogens with one attached hydrogen (secondary N) is 1. The fourth-order valence-electron chi connectivity index (χ4n) is 1.33. The van der Waals surface area contributed by atoms with Crippen molar-refractivity contribution < 1.29 is 9.53 Å². The highest BCUT2D eigenvalue weighted by molar-refractivity contribution is 5.67. The van der Waals surface area contributed by atoms with Gasteiger partial charge in [-0.25, -0.2) is 4.79 Å². The Bertz CT molecular complexity index is 455. The van der Waals surface area contributed by atoms with Crippen molar-refractivity contribution in [3.05, 3.63) is 35.4 Å². The molecule has 0 aliphatic carbocycles. The molecule has 3 N–H and O–H groups in total. The number of nitrogens with two attached hydrogens (primary N) is 1. The van der Waals surface area contributed by atoms with Crippen LogP contribution in [0.2, 0.25) is 0 Å². The van der Waals surface area contributed by atoms with Crippen LogP contribution >= 0.6 is 0 Å². The first-order valence-electron chi connectivity index (χ1n) is 6.30. The number of carbonyl (C=O) groups is 1. The molecular weight excluding hydrogens is 240 g/mol. The molecular formula is C15H20N2O2. The van der Waals surface area contributed by atoms with Crippen molar-refractivity contribution in [2.45, 2.75) is 20.4 Å². The molecule has 102 valence electrons. The van der Waals surface area contributed by atoms with Crippen molar-refractivity contribution >= 4 is 6.09 Å². The molecule has 4 heteroatoms. The zero-order chi connectivity index (χ0) is 14.1. The molecule has 0 unspecified atom stereocenters. The van der Waals surface area contributed by atoms with E-state index in [0.29, 0.717) is 25.6 Å². The number of alkyl carbamates (subject to hydrolysis) is 1. The first-order chi connectivity index (χ1) is 9.11. The van der Waals surface area contributed by atoms with E-state index in [9.17, 15) is 4.79 Å². The van der Waals surface area contributed by atoms with Gasteiger partial charge in [0.05, 0.1) is 13.2 Å². The first-order valence-corrected chi connectivity index (χ1v) is 6.30. The summed E-state index contributed by atoms with van der Waals surface area (Å²) in [6, 6.07) is 7.64. The largest absolute Gasteiger partial charge is 0.449 e. The van der Waals surface area contributed by atoms with Crippen LogP contribution in [0.3, 0.4) is 0 Å². The van der Waals surface area contributed by atoms with Gasteiger partial charge in [-0.15, -0.1) is 0 Å². The molecule has 1 rings (SSSR count). The first kappa shape index (κ1) is 15.1. The van der Waals surface area contributed by atoms with Crippen LogP contribution in [-0.2, 0) is 11.3 Å². The summed E-state index contributed by atoms with van der Waals surface area (Å²) in [5, 5.41) is 2.70. The van der Waals surface area contributed by atoms with Crippen LogP contribution in [0.4, 0.5) is 4.79 Å². The molecule has 0 saturated carbocycles. The summed E-state index contributed by atoms with van der Waals surface area (Å²) in [4.78, 5) is 11.4. The topological polar surface area (TPSA) is 64.3 Å². The number of ether oxygens (including phenoxy) is 1.